The molecule has 5 aliphatic rings. The summed E-state index contributed by atoms with van der Waals surface area (Å²) in [6.07, 6.45) is 3.91. The number of aryl methyl sites for hydroxylation is 1. The van der Waals surface area contributed by atoms with Crippen LogP contribution in [0.1, 0.15) is 79.3 Å². The van der Waals surface area contributed by atoms with Gasteiger partial charge in [0.1, 0.15) is 11.9 Å². The van der Waals surface area contributed by atoms with Crippen LogP contribution in [0.2, 0.25) is 0 Å². The van der Waals surface area contributed by atoms with Crippen molar-refractivity contribution in [2.75, 3.05) is 69.1 Å². The Labute approximate surface area is 323 Å². The van der Waals surface area contributed by atoms with E-state index in [-0.39, 0.29) is 30.2 Å². The molecule has 1 atom stereocenters. The first kappa shape index (κ1) is 37.3. The van der Waals surface area contributed by atoms with E-state index in [0.717, 1.165) is 81.4 Å². The number of amides is 6. The van der Waals surface area contributed by atoms with Gasteiger partial charge in [0.25, 0.3) is 23.6 Å². The average molecular weight is 765 g/mol. The molecule has 4 N–H and O–H groups in total. The van der Waals surface area contributed by atoms with Crippen molar-refractivity contribution in [3.8, 4) is 0 Å². The first-order chi connectivity index (χ1) is 26.9. The number of carbonyl (C=O) groups is 6. The zero-order chi connectivity index (χ0) is 39.2. The largest absolute Gasteiger partial charge is 0.371 e. The third-order valence-electron chi connectivity index (χ3n) is 11.9. The molecule has 14 nitrogen and oxygen atoms in total. The highest BCUT2D eigenvalue weighted by molar-refractivity contribution is 6.35. The molecule has 8 rings (SSSR count). The lowest BCUT2D eigenvalue weighted by Gasteiger charge is -2.39. The number of piperidine rings is 2. The molecule has 1 unspecified atom stereocenters. The predicted molar refractivity (Wildman–Crippen MR) is 206 cm³/mol. The van der Waals surface area contributed by atoms with Crippen molar-refractivity contribution in [1.82, 2.24) is 30.3 Å². The van der Waals surface area contributed by atoms with Gasteiger partial charge in [-0.1, -0.05) is 0 Å². The fraction of sp³-hybridized carbons (Fsp3) is 0.415. The van der Waals surface area contributed by atoms with E-state index < -0.39 is 35.5 Å². The van der Waals surface area contributed by atoms with E-state index in [2.05, 4.69) is 35.6 Å². The topological polar surface area (TPSA) is 167 Å². The Morgan fingerprint density at radius 3 is 2.34 bits per heavy atom. The molecule has 5 aliphatic heterocycles. The van der Waals surface area contributed by atoms with Crippen molar-refractivity contribution >= 4 is 58.5 Å². The minimum absolute atomic E-state index is 0.0865. The molecule has 6 heterocycles. The molecule has 0 radical (unpaired) electrons. The minimum Gasteiger partial charge on any atom is -0.371 e. The summed E-state index contributed by atoms with van der Waals surface area (Å²) >= 11 is 0. The number of benzene rings is 2. The highest BCUT2D eigenvalue weighted by Crippen LogP contribution is 2.35. The number of hydrogen-bond donors (Lipinski definition) is 4. The van der Waals surface area contributed by atoms with Gasteiger partial charge in [-0.15, -0.1) is 0 Å². The lowest BCUT2D eigenvalue weighted by atomic mass is 9.95. The van der Waals surface area contributed by atoms with Gasteiger partial charge in [0.15, 0.2) is 0 Å². The van der Waals surface area contributed by atoms with Crippen molar-refractivity contribution in [2.24, 2.45) is 5.92 Å². The summed E-state index contributed by atoms with van der Waals surface area (Å²) in [6, 6.07) is 8.51. The number of H-pyrrole nitrogens is 1. The van der Waals surface area contributed by atoms with E-state index in [0.29, 0.717) is 51.8 Å². The normalized spacial score (nSPS) is 21.4. The first-order valence-corrected chi connectivity index (χ1v) is 19.3. The summed E-state index contributed by atoms with van der Waals surface area (Å²) in [5.41, 5.74) is 5.47. The van der Waals surface area contributed by atoms with Crippen LogP contribution in [0.3, 0.4) is 0 Å². The van der Waals surface area contributed by atoms with Crippen LogP contribution in [-0.4, -0.2) is 120 Å². The number of nitrogens with one attached hydrogen (secondary N) is 4. The van der Waals surface area contributed by atoms with E-state index in [1.807, 2.05) is 19.9 Å². The van der Waals surface area contributed by atoms with Crippen molar-refractivity contribution in [3.63, 3.8) is 0 Å². The summed E-state index contributed by atoms with van der Waals surface area (Å²) in [6.45, 7) is 11.3. The lowest BCUT2D eigenvalue weighted by Crippen LogP contribution is -2.54. The first-order valence-electron chi connectivity index (χ1n) is 19.3. The molecule has 2 aromatic carbocycles. The molecular weight excluding hydrogens is 719 g/mol. The third kappa shape index (κ3) is 7.12. The highest BCUT2D eigenvalue weighted by atomic mass is 19.1. The van der Waals surface area contributed by atoms with Crippen LogP contribution < -0.4 is 20.9 Å². The molecule has 1 aromatic heterocycles. The summed E-state index contributed by atoms with van der Waals surface area (Å²) in [5, 5.41) is 8.06. The predicted octanol–water partition coefficient (Wildman–Crippen LogP) is 2.93. The monoisotopic (exact) mass is 764 g/mol. The van der Waals surface area contributed by atoms with Gasteiger partial charge in [-0.2, -0.15) is 0 Å². The number of hydrogen-bond acceptors (Lipinski definition) is 9. The highest BCUT2D eigenvalue weighted by Gasteiger charge is 2.45. The van der Waals surface area contributed by atoms with Crippen molar-refractivity contribution < 1.29 is 33.2 Å². The van der Waals surface area contributed by atoms with Crippen molar-refractivity contribution in [1.29, 1.82) is 0 Å². The van der Waals surface area contributed by atoms with Gasteiger partial charge in [-0.25, -0.2) is 4.39 Å². The molecule has 0 bridgehead atoms. The van der Waals surface area contributed by atoms with E-state index >= 15 is 0 Å². The molecule has 0 spiro atoms. The SMILES string of the molecule is Cc1[nH]c(/C=C2\C(=O)Nc3ccc(F)cc32)c(C)c1C(=O)NCCN1CCN(CC2CCN(c3ccc4c(c3)C(=O)N(C3CCC(=O)NC3=O)C4=O)CC2)CC1. The summed E-state index contributed by atoms with van der Waals surface area (Å²) in [4.78, 5) is 87.7. The fourth-order valence-corrected chi connectivity index (χ4v) is 8.71. The molecule has 292 valence electrons. The van der Waals surface area contributed by atoms with Crippen molar-refractivity contribution in [2.45, 2.75) is 45.6 Å². The van der Waals surface area contributed by atoms with Crippen LogP contribution in [0.5, 0.6) is 0 Å². The number of halogens is 1. The maximum absolute atomic E-state index is 13.9. The number of aromatic nitrogens is 1. The maximum Gasteiger partial charge on any atom is 0.262 e. The quantitative estimate of drug-likeness (QED) is 0.189. The maximum atomic E-state index is 13.9. The smallest absolute Gasteiger partial charge is 0.262 e. The van der Waals surface area contributed by atoms with Crippen LogP contribution in [0, 0.1) is 25.6 Å². The number of nitrogens with zero attached hydrogens (tertiary/aromatic N) is 4. The molecule has 3 fully saturated rings. The van der Waals surface area contributed by atoms with Crippen molar-refractivity contribution in [3.05, 3.63) is 81.4 Å². The number of carbonyl (C=O) groups excluding carboxylic acids is 6. The van der Waals surface area contributed by atoms with E-state index in [4.69, 9.17) is 0 Å². The zero-order valence-electron chi connectivity index (χ0n) is 31.5. The molecule has 3 saturated heterocycles. The van der Waals surface area contributed by atoms with Crippen LogP contribution in [0.15, 0.2) is 36.4 Å². The van der Waals surface area contributed by atoms with Gasteiger partial charge >= 0.3 is 0 Å². The minimum atomic E-state index is -0.978. The van der Waals surface area contributed by atoms with Gasteiger partial charge in [0.2, 0.25) is 11.8 Å². The Bertz CT molecular complexity index is 2180. The van der Waals surface area contributed by atoms with E-state index in [9.17, 15) is 33.2 Å². The van der Waals surface area contributed by atoms with Gasteiger partial charge in [0, 0.05) is 93.6 Å². The molecule has 6 amide bonds. The Kier molecular flexibility index (Phi) is 10.1. The summed E-state index contributed by atoms with van der Waals surface area (Å²) < 4.78 is 13.9. The molecule has 15 heteroatoms. The second-order valence-electron chi connectivity index (χ2n) is 15.4. The summed E-state index contributed by atoms with van der Waals surface area (Å²) in [7, 11) is 0. The Hall–Kier alpha value is -5.67. The van der Waals surface area contributed by atoms with Gasteiger partial charge < -0.3 is 25.4 Å². The van der Waals surface area contributed by atoms with Crippen LogP contribution in [-0.2, 0) is 14.4 Å². The number of rotatable bonds is 9. The van der Waals surface area contributed by atoms with E-state index in [1.54, 1.807) is 18.2 Å². The zero-order valence-corrected chi connectivity index (χ0v) is 31.5. The average Bonchev–Trinajstić information content (AvgIpc) is 3.74. The second kappa shape index (κ2) is 15.1. The Balaban J connectivity index is 0.776. The van der Waals surface area contributed by atoms with Gasteiger partial charge in [-0.3, -0.25) is 43.9 Å². The van der Waals surface area contributed by atoms with Crippen LogP contribution in [0.25, 0.3) is 11.6 Å². The molecular formula is C41H45FN8O6. The fourth-order valence-electron chi connectivity index (χ4n) is 8.71. The standard InChI is InChI=1S/C41H45FN8O6/c1-23-33(21-30-29-19-26(42)3-6-32(29)45-37(30)52)44-24(2)36(23)39(54)43-11-14-47-15-17-48(18-16-47)22-25-9-12-49(13-10-25)27-4-5-28-31(20-27)41(56)50(40(28)55)34-7-8-35(51)46-38(34)53/h3-6,19-21,25,34,44H,7-18,22H2,1-2H3,(H,43,54)(H,45,52)(H,46,51,53)/b30-21-. The second-order valence-corrected chi connectivity index (χ2v) is 15.4. The number of anilines is 2. The molecule has 56 heavy (non-hydrogen) atoms. The molecule has 0 aliphatic carbocycles. The van der Waals surface area contributed by atoms with E-state index in [1.165, 1.54) is 18.2 Å². The Morgan fingerprint density at radius 1 is 0.857 bits per heavy atom. The van der Waals surface area contributed by atoms with Gasteiger partial charge in [-0.05, 0) is 87.1 Å². The Morgan fingerprint density at radius 2 is 1.59 bits per heavy atom. The molecule has 0 saturated carbocycles. The lowest BCUT2D eigenvalue weighted by molar-refractivity contribution is -0.136. The third-order valence-corrected chi connectivity index (χ3v) is 11.9. The molecule has 3 aromatic rings. The number of imide groups is 2. The summed E-state index contributed by atoms with van der Waals surface area (Å²) in [5.74, 6) is -2.37. The van der Waals surface area contributed by atoms with Crippen LogP contribution >= 0.6 is 0 Å². The number of aromatic amines is 1. The number of fused-ring (bicyclic) bond motifs is 2. The van der Waals surface area contributed by atoms with Crippen LogP contribution in [0.4, 0.5) is 15.8 Å². The van der Waals surface area contributed by atoms with Gasteiger partial charge in [0.05, 0.1) is 22.3 Å². The number of piperazine rings is 1.